The molecular weight excluding hydrogens is 266 g/mol. The highest BCUT2D eigenvalue weighted by atomic mass is 16.5. The normalized spacial score (nSPS) is 10.4. The number of carbonyl (C=O) groups is 1. The van der Waals surface area contributed by atoms with Gasteiger partial charge in [-0.25, -0.2) is 0 Å². The van der Waals surface area contributed by atoms with Gasteiger partial charge >= 0.3 is 0 Å². The van der Waals surface area contributed by atoms with Crippen LogP contribution in [-0.2, 0) is 17.6 Å². The van der Waals surface area contributed by atoms with Crippen LogP contribution in [0.3, 0.4) is 0 Å². The third kappa shape index (κ3) is 4.34. The van der Waals surface area contributed by atoms with E-state index in [1.807, 2.05) is 37.4 Å². The molecule has 21 heavy (non-hydrogen) atoms. The molecule has 2 aromatic rings. The van der Waals surface area contributed by atoms with Gasteiger partial charge in [-0.15, -0.1) is 0 Å². The van der Waals surface area contributed by atoms with E-state index in [1.165, 1.54) is 5.56 Å². The Balaban J connectivity index is 1.74. The lowest BCUT2D eigenvalue weighted by atomic mass is 10.1. The first-order valence-electron chi connectivity index (χ1n) is 7.08. The van der Waals surface area contributed by atoms with Crippen LogP contribution < -0.4 is 10.1 Å². The number of aromatic amines is 1. The summed E-state index contributed by atoms with van der Waals surface area (Å²) in [6, 6.07) is 7.58. The van der Waals surface area contributed by atoms with E-state index in [9.17, 15) is 4.79 Å². The quantitative estimate of drug-likeness (QED) is 0.766. The van der Waals surface area contributed by atoms with Gasteiger partial charge in [-0.3, -0.25) is 9.89 Å². The third-order valence-corrected chi connectivity index (χ3v) is 3.42. The zero-order valence-electron chi connectivity index (χ0n) is 12.5. The van der Waals surface area contributed by atoms with E-state index >= 15 is 0 Å². The fraction of sp³-hybridized carbons (Fsp3) is 0.375. The first-order chi connectivity index (χ1) is 10.2. The minimum atomic E-state index is 0.0171. The van der Waals surface area contributed by atoms with Crippen molar-refractivity contribution in [2.45, 2.75) is 26.2 Å². The van der Waals surface area contributed by atoms with E-state index in [2.05, 4.69) is 15.5 Å². The van der Waals surface area contributed by atoms with Crippen molar-refractivity contribution in [2.24, 2.45) is 0 Å². The summed E-state index contributed by atoms with van der Waals surface area (Å²) in [4.78, 5) is 11.9. The maximum atomic E-state index is 11.9. The van der Waals surface area contributed by atoms with Gasteiger partial charge in [-0.05, 0) is 31.4 Å². The number of methoxy groups -OCH3 is 1. The van der Waals surface area contributed by atoms with Crippen LogP contribution >= 0.6 is 0 Å². The van der Waals surface area contributed by atoms with Crippen LogP contribution in [0.5, 0.6) is 5.75 Å². The molecule has 0 spiro atoms. The molecule has 1 amide bonds. The van der Waals surface area contributed by atoms with Crippen LogP contribution in [0.1, 0.15) is 23.2 Å². The lowest BCUT2D eigenvalue weighted by Crippen LogP contribution is -2.26. The predicted molar refractivity (Wildman–Crippen MR) is 81.4 cm³/mol. The fourth-order valence-corrected chi connectivity index (χ4v) is 2.22. The summed E-state index contributed by atoms with van der Waals surface area (Å²) in [6.07, 6.45) is 4.00. The van der Waals surface area contributed by atoms with Gasteiger partial charge in [-0.2, -0.15) is 5.10 Å². The highest BCUT2D eigenvalue weighted by Crippen LogP contribution is 2.17. The molecule has 1 aromatic heterocycles. The molecular formula is C16H21N3O2. The number of para-hydroxylation sites is 1. The van der Waals surface area contributed by atoms with E-state index in [1.54, 1.807) is 7.11 Å². The van der Waals surface area contributed by atoms with Crippen molar-refractivity contribution in [3.63, 3.8) is 0 Å². The molecule has 1 heterocycles. The summed E-state index contributed by atoms with van der Waals surface area (Å²) in [5, 5.41) is 9.84. The first-order valence-corrected chi connectivity index (χ1v) is 7.08. The van der Waals surface area contributed by atoms with Crippen molar-refractivity contribution in [1.82, 2.24) is 15.5 Å². The summed E-state index contributed by atoms with van der Waals surface area (Å²) in [7, 11) is 1.62. The molecule has 0 aliphatic rings. The SMILES string of the molecule is COc1ccccc1CC(=O)NCCCc1cn[nH]c1C. The molecule has 0 aliphatic heterocycles. The van der Waals surface area contributed by atoms with Gasteiger partial charge in [0.15, 0.2) is 0 Å². The third-order valence-electron chi connectivity index (χ3n) is 3.42. The molecule has 5 heteroatoms. The van der Waals surface area contributed by atoms with Crippen LogP contribution in [0.25, 0.3) is 0 Å². The Morgan fingerprint density at radius 3 is 2.86 bits per heavy atom. The predicted octanol–water partition coefficient (Wildman–Crippen LogP) is 2.02. The second kappa shape index (κ2) is 7.47. The minimum Gasteiger partial charge on any atom is -0.496 e. The highest BCUT2D eigenvalue weighted by molar-refractivity contribution is 5.79. The first kappa shape index (κ1) is 15.1. The molecule has 0 aliphatic carbocycles. The molecule has 0 fully saturated rings. The van der Waals surface area contributed by atoms with E-state index in [4.69, 9.17) is 4.74 Å². The van der Waals surface area contributed by atoms with Crippen LogP contribution in [-0.4, -0.2) is 29.8 Å². The lowest BCUT2D eigenvalue weighted by Gasteiger charge is -2.08. The molecule has 2 rings (SSSR count). The molecule has 5 nitrogen and oxygen atoms in total. The second-order valence-corrected chi connectivity index (χ2v) is 4.96. The smallest absolute Gasteiger partial charge is 0.224 e. The van der Waals surface area contributed by atoms with Crippen molar-refractivity contribution in [3.05, 3.63) is 47.3 Å². The summed E-state index contributed by atoms with van der Waals surface area (Å²) in [6.45, 7) is 2.67. The maximum Gasteiger partial charge on any atom is 0.224 e. The van der Waals surface area contributed by atoms with Gasteiger partial charge < -0.3 is 10.1 Å². The topological polar surface area (TPSA) is 67.0 Å². The number of amides is 1. The number of benzene rings is 1. The Kier molecular flexibility index (Phi) is 5.37. The Morgan fingerprint density at radius 1 is 1.33 bits per heavy atom. The average molecular weight is 287 g/mol. The largest absolute Gasteiger partial charge is 0.496 e. The molecule has 0 atom stereocenters. The summed E-state index contributed by atoms with van der Waals surface area (Å²) >= 11 is 0. The molecule has 0 saturated carbocycles. The van der Waals surface area contributed by atoms with Crippen LogP contribution in [0, 0.1) is 6.92 Å². The van der Waals surface area contributed by atoms with Crippen LogP contribution in [0.4, 0.5) is 0 Å². The zero-order chi connectivity index (χ0) is 15.1. The maximum absolute atomic E-state index is 11.9. The number of aromatic nitrogens is 2. The van der Waals surface area contributed by atoms with Gasteiger partial charge in [0.05, 0.1) is 19.7 Å². The highest BCUT2D eigenvalue weighted by Gasteiger charge is 2.07. The Hall–Kier alpha value is -2.30. The molecule has 0 saturated heterocycles. The van der Waals surface area contributed by atoms with Gasteiger partial charge in [0.2, 0.25) is 5.91 Å². The van der Waals surface area contributed by atoms with Crippen molar-refractivity contribution in [1.29, 1.82) is 0 Å². The minimum absolute atomic E-state index is 0.0171. The summed E-state index contributed by atoms with van der Waals surface area (Å²) in [5.41, 5.74) is 3.20. The van der Waals surface area contributed by atoms with Gasteiger partial charge in [0, 0.05) is 17.8 Å². The van der Waals surface area contributed by atoms with E-state index < -0.39 is 0 Å². The Morgan fingerprint density at radius 2 is 2.14 bits per heavy atom. The number of H-pyrrole nitrogens is 1. The van der Waals surface area contributed by atoms with Crippen molar-refractivity contribution in [3.8, 4) is 5.75 Å². The van der Waals surface area contributed by atoms with Gasteiger partial charge in [0.25, 0.3) is 0 Å². The number of hydrogen-bond acceptors (Lipinski definition) is 3. The van der Waals surface area contributed by atoms with E-state index in [0.29, 0.717) is 13.0 Å². The number of aryl methyl sites for hydroxylation is 2. The second-order valence-electron chi connectivity index (χ2n) is 4.96. The van der Waals surface area contributed by atoms with Gasteiger partial charge in [-0.1, -0.05) is 18.2 Å². The van der Waals surface area contributed by atoms with Crippen molar-refractivity contribution in [2.75, 3.05) is 13.7 Å². The van der Waals surface area contributed by atoms with Crippen LogP contribution in [0.2, 0.25) is 0 Å². The zero-order valence-corrected chi connectivity index (χ0v) is 12.5. The fourth-order valence-electron chi connectivity index (χ4n) is 2.22. The number of nitrogens with one attached hydrogen (secondary N) is 2. The molecule has 2 N–H and O–H groups in total. The number of nitrogens with zero attached hydrogens (tertiary/aromatic N) is 1. The standard InChI is InChI=1S/C16H21N3O2/c1-12-14(11-18-19-12)7-5-9-17-16(20)10-13-6-3-4-8-15(13)21-2/h3-4,6,8,11H,5,7,9-10H2,1-2H3,(H,17,20)(H,18,19). The molecule has 1 aromatic carbocycles. The number of hydrogen-bond donors (Lipinski definition) is 2. The van der Waals surface area contributed by atoms with Crippen LogP contribution in [0.15, 0.2) is 30.5 Å². The van der Waals surface area contributed by atoms with E-state index in [-0.39, 0.29) is 5.91 Å². The summed E-state index contributed by atoms with van der Waals surface area (Å²) in [5.74, 6) is 0.769. The monoisotopic (exact) mass is 287 g/mol. The molecule has 0 radical (unpaired) electrons. The van der Waals surface area contributed by atoms with Crippen molar-refractivity contribution >= 4 is 5.91 Å². The number of carbonyl (C=O) groups excluding carboxylic acids is 1. The number of rotatable bonds is 7. The van der Waals surface area contributed by atoms with E-state index in [0.717, 1.165) is 29.8 Å². The number of ether oxygens (including phenoxy) is 1. The van der Waals surface area contributed by atoms with Gasteiger partial charge in [0.1, 0.15) is 5.75 Å². The lowest BCUT2D eigenvalue weighted by molar-refractivity contribution is -0.120. The summed E-state index contributed by atoms with van der Waals surface area (Å²) < 4.78 is 5.24. The Labute approximate surface area is 124 Å². The van der Waals surface area contributed by atoms with Crippen molar-refractivity contribution < 1.29 is 9.53 Å². The molecule has 112 valence electrons. The molecule has 0 bridgehead atoms. The average Bonchev–Trinajstić information content (AvgIpc) is 2.89. The Bertz CT molecular complexity index is 593. The molecule has 0 unspecified atom stereocenters.